The second-order valence-corrected chi connectivity index (χ2v) is 12.9. The Balaban J connectivity index is 1.36. The highest BCUT2D eigenvalue weighted by atomic mass is 35.5. The number of likely N-dealkylation sites (tertiary alicyclic amines) is 1. The fraction of sp³-hybridized carbons (Fsp3) is 0.375. The molecule has 10 nitrogen and oxygen atoms in total. The molecule has 2 amide bonds. The monoisotopic (exact) mass is 637 g/mol. The van der Waals surface area contributed by atoms with Gasteiger partial charge in [-0.05, 0) is 54.8 Å². The number of nitrogens with one attached hydrogen (secondary N) is 1. The molecule has 0 aliphatic carbocycles. The molecule has 1 saturated heterocycles. The molecule has 1 fully saturated rings. The van der Waals surface area contributed by atoms with Crippen LogP contribution in [0, 0.1) is 5.41 Å². The number of primary amides is 1. The van der Waals surface area contributed by atoms with Gasteiger partial charge in [-0.3, -0.25) is 9.59 Å². The number of halogens is 1. The standard InChI is InChI=1S/C32H36ClN5O5S/c1-6-42-20-10-7-18(8-11-20)24-17-44-31(36-24)37-27(32(2,3)4)30(40)38-16-21(14-25(38)28(34)39)43-29-23-13-19(33)9-12-22(23)26(41-5)15-35-29/h7-13,15,17,21,25,27H,6,14,16H2,1-5H3,(H2,34,39)(H,36,37)/t21-,25+,27-/m1/s1. The van der Waals surface area contributed by atoms with Crippen molar-refractivity contribution in [1.82, 2.24) is 14.9 Å². The highest BCUT2D eigenvalue weighted by molar-refractivity contribution is 7.14. The number of nitrogens with two attached hydrogens (primary N) is 1. The molecule has 1 aliphatic heterocycles. The molecule has 0 radical (unpaired) electrons. The Morgan fingerprint density at radius 3 is 2.59 bits per heavy atom. The van der Waals surface area contributed by atoms with Crippen LogP contribution in [0.1, 0.15) is 34.1 Å². The van der Waals surface area contributed by atoms with Crippen LogP contribution in [0.2, 0.25) is 5.02 Å². The van der Waals surface area contributed by atoms with Gasteiger partial charge in [-0.2, -0.15) is 0 Å². The lowest BCUT2D eigenvalue weighted by atomic mass is 9.85. The van der Waals surface area contributed by atoms with Gasteiger partial charge in [-0.15, -0.1) is 11.3 Å². The summed E-state index contributed by atoms with van der Waals surface area (Å²) in [7, 11) is 1.57. The number of rotatable bonds is 10. The van der Waals surface area contributed by atoms with Crippen LogP contribution in [-0.4, -0.2) is 65.1 Å². The molecule has 0 saturated carbocycles. The maximum absolute atomic E-state index is 14.1. The van der Waals surface area contributed by atoms with Crippen molar-refractivity contribution in [3.8, 4) is 28.6 Å². The number of hydrogen-bond donors (Lipinski definition) is 2. The van der Waals surface area contributed by atoms with E-state index in [9.17, 15) is 9.59 Å². The molecule has 0 unspecified atom stereocenters. The molecule has 44 heavy (non-hydrogen) atoms. The lowest BCUT2D eigenvalue weighted by molar-refractivity contribution is -0.139. The zero-order valence-corrected chi connectivity index (χ0v) is 26.9. The van der Waals surface area contributed by atoms with Gasteiger partial charge in [0.15, 0.2) is 5.13 Å². The molecule has 2 aromatic carbocycles. The van der Waals surface area contributed by atoms with E-state index in [4.69, 9.17) is 36.5 Å². The van der Waals surface area contributed by atoms with Crippen molar-refractivity contribution in [1.29, 1.82) is 0 Å². The first-order chi connectivity index (χ1) is 21.0. The van der Waals surface area contributed by atoms with Crippen molar-refractivity contribution in [2.24, 2.45) is 11.1 Å². The smallest absolute Gasteiger partial charge is 0.246 e. The summed E-state index contributed by atoms with van der Waals surface area (Å²) in [4.78, 5) is 37.4. The number of methoxy groups -OCH3 is 1. The second kappa shape index (κ2) is 12.9. The molecule has 3 atom stereocenters. The van der Waals surface area contributed by atoms with Crippen LogP contribution in [0.5, 0.6) is 17.4 Å². The number of benzene rings is 2. The number of hydrogen-bond acceptors (Lipinski definition) is 9. The molecular weight excluding hydrogens is 602 g/mol. The number of nitrogens with zero attached hydrogens (tertiary/aromatic N) is 3. The maximum atomic E-state index is 14.1. The molecule has 1 aliphatic rings. The van der Waals surface area contributed by atoms with Crippen LogP contribution in [0.15, 0.2) is 54.0 Å². The third-order valence-electron chi connectivity index (χ3n) is 7.50. The quantitative estimate of drug-likeness (QED) is 0.224. The second-order valence-electron chi connectivity index (χ2n) is 11.6. The molecule has 12 heteroatoms. The van der Waals surface area contributed by atoms with E-state index in [1.807, 2.05) is 63.4 Å². The molecule has 3 heterocycles. The van der Waals surface area contributed by atoms with Crippen molar-refractivity contribution < 1.29 is 23.8 Å². The van der Waals surface area contributed by atoms with Crippen molar-refractivity contribution in [3.63, 3.8) is 0 Å². The molecule has 0 spiro atoms. The third kappa shape index (κ3) is 6.68. The van der Waals surface area contributed by atoms with E-state index in [-0.39, 0.29) is 18.9 Å². The number of ether oxygens (including phenoxy) is 3. The highest BCUT2D eigenvalue weighted by Crippen LogP contribution is 2.36. The number of fused-ring (bicyclic) bond motifs is 1. The summed E-state index contributed by atoms with van der Waals surface area (Å²) in [6.45, 7) is 8.58. The van der Waals surface area contributed by atoms with Crippen LogP contribution in [0.4, 0.5) is 5.13 Å². The van der Waals surface area contributed by atoms with Crippen molar-refractivity contribution in [3.05, 3.63) is 59.1 Å². The maximum Gasteiger partial charge on any atom is 0.246 e. The molecular formula is C32H36ClN5O5S. The van der Waals surface area contributed by atoms with Gasteiger partial charge in [-0.1, -0.05) is 32.4 Å². The summed E-state index contributed by atoms with van der Waals surface area (Å²) in [5.74, 6) is 0.843. The van der Waals surface area contributed by atoms with E-state index in [2.05, 4.69) is 10.3 Å². The van der Waals surface area contributed by atoms with Crippen LogP contribution in [-0.2, 0) is 9.59 Å². The van der Waals surface area contributed by atoms with Gasteiger partial charge < -0.3 is 30.2 Å². The Hall–Kier alpha value is -4.09. The molecule has 2 aromatic heterocycles. The van der Waals surface area contributed by atoms with E-state index in [1.165, 1.54) is 16.2 Å². The lowest BCUT2D eigenvalue weighted by Gasteiger charge is -2.34. The van der Waals surface area contributed by atoms with E-state index >= 15 is 0 Å². The average Bonchev–Trinajstić information content (AvgIpc) is 3.63. The first kappa shape index (κ1) is 31.3. The van der Waals surface area contributed by atoms with Gasteiger partial charge in [0, 0.05) is 33.2 Å². The number of aromatic nitrogens is 2. The molecule has 232 valence electrons. The summed E-state index contributed by atoms with van der Waals surface area (Å²) >= 11 is 7.68. The highest BCUT2D eigenvalue weighted by Gasteiger charge is 2.45. The number of anilines is 1. The van der Waals surface area contributed by atoms with Gasteiger partial charge >= 0.3 is 0 Å². The number of thiazole rings is 1. The van der Waals surface area contributed by atoms with Gasteiger partial charge in [0.2, 0.25) is 17.7 Å². The Morgan fingerprint density at radius 1 is 1.18 bits per heavy atom. The zero-order valence-electron chi connectivity index (χ0n) is 25.3. The number of carbonyl (C=O) groups is 2. The van der Waals surface area contributed by atoms with E-state index in [1.54, 1.807) is 25.4 Å². The summed E-state index contributed by atoms with van der Waals surface area (Å²) < 4.78 is 17.3. The predicted molar refractivity (Wildman–Crippen MR) is 173 cm³/mol. The largest absolute Gasteiger partial charge is 0.494 e. The van der Waals surface area contributed by atoms with Crippen LogP contribution >= 0.6 is 22.9 Å². The molecule has 4 aromatic rings. The fourth-order valence-electron chi connectivity index (χ4n) is 5.27. The Morgan fingerprint density at radius 2 is 1.93 bits per heavy atom. The first-order valence-electron chi connectivity index (χ1n) is 14.3. The molecule has 5 rings (SSSR count). The number of carbonyl (C=O) groups excluding carboxylic acids is 2. The zero-order chi connectivity index (χ0) is 31.6. The topological polar surface area (TPSA) is 129 Å². The van der Waals surface area contributed by atoms with Crippen molar-refractivity contribution >= 4 is 50.7 Å². The summed E-state index contributed by atoms with van der Waals surface area (Å²) in [6.07, 6.45) is 1.28. The molecule has 0 bridgehead atoms. The Bertz CT molecular complexity index is 1660. The molecule has 3 N–H and O–H groups in total. The third-order valence-corrected chi connectivity index (χ3v) is 8.50. The normalized spacial score (nSPS) is 17.4. The lowest BCUT2D eigenvalue weighted by Crippen LogP contribution is -2.53. The van der Waals surface area contributed by atoms with Gasteiger partial charge in [0.25, 0.3) is 0 Å². The fourth-order valence-corrected chi connectivity index (χ4v) is 6.20. The van der Waals surface area contributed by atoms with Gasteiger partial charge in [0.05, 0.1) is 32.2 Å². The Labute approximate surface area is 265 Å². The van der Waals surface area contributed by atoms with E-state index in [0.717, 1.165) is 22.4 Å². The minimum Gasteiger partial charge on any atom is -0.494 e. The average molecular weight is 638 g/mol. The first-order valence-corrected chi connectivity index (χ1v) is 15.6. The number of amides is 2. The summed E-state index contributed by atoms with van der Waals surface area (Å²) in [5, 5.41) is 7.84. The SMILES string of the molecule is CCOc1ccc(-c2csc(N[C@H](C(=O)N3C[C@H](Oc4ncc(OC)c5ccc(Cl)cc45)C[C@H]3C(N)=O)C(C)(C)C)n2)cc1. The Kier molecular flexibility index (Phi) is 9.17. The summed E-state index contributed by atoms with van der Waals surface area (Å²) in [6, 6.07) is 11.5. The van der Waals surface area contributed by atoms with Gasteiger partial charge in [0.1, 0.15) is 29.7 Å². The van der Waals surface area contributed by atoms with Crippen molar-refractivity contribution in [2.75, 3.05) is 25.6 Å². The summed E-state index contributed by atoms with van der Waals surface area (Å²) in [5.41, 5.74) is 7.01. The minimum atomic E-state index is -0.844. The minimum absolute atomic E-state index is 0.158. The van der Waals surface area contributed by atoms with E-state index < -0.39 is 29.5 Å². The van der Waals surface area contributed by atoms with Crippen LogP contribution < -0.4 is 25.3 Å². The van der Waals surface area contributed by atoms with Crippen molar-refractivity contribution in [2.45, 2.75) is 52.3 Å². The van der Waals surface area contributed by atoms with Crippen LogP contribution in [0.3, 0.4) is 0 Å². The van der Waals surface area contributed by atoms with Gasteiger partial charge in [-0.25, -0.2) is 9.97 Å². The predicted octanol–water partition coefficient (Wildman–Crippen LogP) is 5.78. The number of pyridine rings is 1. The van der Waals surface area contributed by atoms with Crippen LogP contribution in [0.25, 0.3) is 22.0 Å². The van der Waals surface area contributed by atoms with E-state index in [0.29, 0.717) is 33.8 Å².